The predicted octanol–water partition coefficient (Wildman–Crippen LogP) is 4.15. The summed E-state index contributed by atoms with van der Waals surface area (Å²) in [6, 6.07) is 13.9. The van der Waals surface area contributed by atoms with Gasteiger partial charge in [-0.15, -0.1) is 0 Å². The van der Waals surface area contributed by atoms with E-state index < -0.39 is 11.5 Å². The molecule has 0 radical (unpaired) electrons. The van der Waals surface area contributed by atoms with Crippen molar-refractivity contribution in [2.24, 2.45) is 5.41 Å². The first-order chi connectivity index (χ1) is 18.1. The summed E-state index contributed by atoms with van der Waals surface area (Å²) in [5, 5.41) is 3.11. The Labute approximate surface area is 226 Å². The van der Waals surface area contributed by atoms with E-state index in [0.29, 0.717) is 56.3 Å². The van der Waals surface area contributed by atoms with E-state index in [-0.39, 0.29) is 18.5 Å². The predicted molar refractivity (Wildman–Crippen MR) is 147 cm³/mol. The van der Waals surface area contributed by atoms with Crippen molar-refractivity contribution in [2.75, 3.05) is 33.5 Å². The number of esters is 2. The summed E-state index contributed by atoms with van der Waals surface area (Å²) >= 11 is 0. The lowest BCUT2D eigenvalue weighted by Gasteiger charge is -2.33. The van der Waals surface area contributed by atoms with E-state index in [1.165, 1.54) is 0 Å². The zero-order valence-electron chi connectivity index (χ0n) is 23.2. The van der Waals surface area contributed by atoms with Gasteiger partial charge in [0, 0.05) is 13.2 Å². The molecule has 206 valence electrons. The Morgan fingerprint density at radius 3 is 2.11 bits per heavy atom. The lowest BCUT2D eigenvalue weighted by molar-refractivity contribution is -0.152. The highest BCUT2D eigenvalue weighted by molar-refractivity contribution is 6.61. The average molecular weight is 525 g/mol. The quantitative estimate of drug-likeness (QED) is 0.191. The fourth-order valence-corrected chi connectivity index (χ4v) is 4.27. The standard InChI is InChI=1S/C29H40BNO7/c1-28(2,3)21-29(4,31-5)27(33)35-18-7-6-17-34-24-13-9-22(10-14-24)26(32)38-25-15-11-23(12-16-25)30-36-19-8-20-37-30/h9-16,31H,6-8,17-21H2,1-5H3. The summed E-state index contributed by atoms with van der Waals surface area (Å²) in [6.45, 7) is 10.3. The minimum absolute atomic E-state index is 0.00232. The molecule has 0 amide bonds. The Kier molecular flexibility index (Phi) is 10.8. The molecule has 0 bridgehead atoms. The zero-order valence-corrected chi connectivity index (χ0v) is 23.2. The van der Waals surface area contributed by atoms with Gasteiger partial charge in [0.2, 0.25) is 0 Å². The molecule has 1 aliphatic rings. The molecular weight excluding hydrogens is 485 g/mol. The SMILES string of the molecule is CNC(C)(CC(C)(C)C)C(=O)OCCCCOc1ccc(C(=O)Oc2ccc(B3OCCCO3)cc2)cc1. The lowest BCUT2D eigenvalue weighted by Crippen LogP contribution is -2.51. The van der Waals surface area contributed by atoms with Crippen LogP contribution in [0.2, 0.25) is 0 Å². The molecule has 1 heterocycles. The van der Waals surface area contributed by atoms with Crippen molar-refractivity contribution in [3.05, 3.63) is 54.1 Å². The van der Waals surface area contributed by atoms with Gasteiger partial charge >= 0.3 is 19.1 Å². The summed E-state index contributed by atoms with van der Waals surface area (Å²) in [5.41, 5.74) is 0.610. The van der Waals surface area contributed by atoms with E-state index >= 15 is 0 Å². The highest BCUT2D eigenvalue weighted by Crippen LogP contribution is 2.28. The second-order valence-corrected chi connectivity index (χ2v) is 10.9. The number of ether oxygens (including phenoxy) is 3. The number of unbranched alkanes of at least 4 members (excludes halogenated alkanes) is 1. The molecule has 1 aliphatic heterocycles. The van der Waals surface area contributed by atoms with Crippen LogP contribution in [0.25, 0.3) is 0 Å². The number of nitrogens with one attached hydrogen (secondary N) is 1. The van der Waals surface area contributed by atoms with Gasteiger partial charge in [-0.3, -0.25) is 4.79 Å². The number of carbonyl (C=O) groups excluding carboxylic acids is 2. The maximum atomic E-state index is 12.5. The Bertz CT molecular complexity index is 1030. The second kappa shape index (κ2) is 13.8. The number of carbonyl (C=O) groups is 2. The Morgan fingerprint density at radius 1 is 0.895 bits per heavy atom. The van der Waals surface area contributed by atoms with Gasteiger partial charge in [0.05, 0.1) is 18.8 Å². The van der Waals surface area contributed by atoms with Crippen LogP contribution in [-0.4, -0.2) is 58.1 Å². The molecule has 1 fully saturated rings. The molecule has 2 aromatic rings. The fourth-order valence-electron chi connectivity index (χ4n) is 4.27. The molecule has 1 saturated heterocycles. The summed E-state index contributed by atoms with van der Waals surface area (Å²) in [5.74, 6) is 0.421. The molecule has 3 rings (SSSR count). The number of rotatable bonds is 12. The van der Waals surface area contributed by atoms with Crippen molar-refractivity contribution in [2.45, 2.75) is 58.9 Å². The van der Waals surface area contributed by atoms with Gasteiger partial charge in [0.1, 0.15) is 17.0 Å². The van der Waals surface area contributed by atoms with Gasteiger partial charge in [-0.25, -0.2) is 4.79 Å². The van der Waals surface area contributed by atoms with Gasteiger partial charge in [-0.2, -0.15) is 0 Å². The third-order valence-electron chi connectivity index (χ3n) is 6.21. The molecule has 1 unspecified atom stereocenters. The van der Waals surface area contributed by atoms with Crippen LogP contribution in [0.4, 0.5) is 0 Å². The van der Waals surface area contributed by atoms with Crippen LogP contribution in [0.3, 0.4) is 0 Å². The molecule has 1 N–H and O–H groups in total. The Morgan fingerprint density at radius 2 is 1.50 bits per heavy atom. The summed E-state index contributed by atoms with van der Waals surface area (Å²) < 4.78 is 27.9. The molecule has 9 heteroatoms. The van der Waals surface area contributed by atoms with Gasteiger partial charge in [0.25, 0.3) is 0 Å². The number of hydrogen-bond donors (Lipinski definition) is 1. The normalized spacial score (nSPS) is 15.4. The molecule has 0 aromatic heterocycles. The first-order valence-corrected chi connectivity index (χ1v) is 13.2. The number of hydrogen-bond acceptors (Lipinski definition) is 8. The Hall–Kier alpha value is -2.88. The number of benzene rings is 2. The topological polar surface area (TPSA) is 92.3 Å². The van der Waals surface area contributed by atoms with E-state index in [4.69, 9.17) is 23.5 Å². The molecule has 2 aromatic carbocycles. The maximum absolute atomic E-state index is 12.5. The van der Waals surface area contributed by atoms with E-state index in [0.717, 1.165) is 18.3 Å². The monoisotopic (exact) mass is 525 g/mol. The summed E-state index contributed by atoms with van der Waals surface area (Å²) in [4.78, 5) is 25.1. The van der Waals surface area contributed by atoms with Crippen LogP contribution in [0.5, 0.6) is 11.5 Å². The van der Waals surface area contributed by atoms with Crippen LogP contribution in [-0.2, 0) is 18.8 Å². The molecular formula is C29H40BNO7. The first-order valence-electron chi connectivity index (χ1n) is 13.2. The maximum Gasteiger partial charge on any atom is 0.493 e. The van der Waals surface area contributed by atoms with E-state index in [1.54, 1.807) is 43.4 Å². The van der Waals surface area contributed by atoms with Crippen molar-refractivity contribution < 1.29 is 33.1 Å². The number of likely N-dealkylation sites (N-methyl/N-ethyl adjacent to an activating group) is 1. The van der Waals surface area contributed by atoms with Crippen LogP contribution in [0.15, 0.2) is 48.5 Å². The van der Waals surface area contributed by atoms with Crippen molar-refractivity contribution >= 4 is 24.5 Å². The van der Waals surface area contributed by atoms with Gasteiger partial charge in [0.15, 0.2) is 0 Å². The second-order valence-electron chi connectivity index (χ2n) is 10.9. The Balaban J connectivity index is 1.36. The van der Waals surface area contributed by atoms with Crippen molar-refractivity contribution in [1.82, 2.24) is 5.32 Å². The molecule has 8 nitrogen and oxygen atoms in total. The highest BCUT2D eigenvalue weighted by atomic mass is 16.6. The molecule has 38 heavy (non-hydrogen) atoms. The van der Waals surface area contributed by atoms with Crippen LogP contribution < -0.4 is 20.3 Å². The van der Waals surface area contributed by atoms with Gasteiger partial charge < -0.3 is 28.8 Å². The van der Waals surface area contributed by atoms with Gasteiger partial charge in [-0.05, 0) is 86.9 Å². The van der Waals surface area contributed by atoms with Crippen molar-refractivity contribution in [3.63, 3.8) is 0 Å². The van der Waals surface area contributed by atoms with E-state index in [2.05, 4.69) is 26.1 Å². The summed E-state index contributed by atoms with van der Waals surface area (Å²) in [6.07, 6.45) is 3.00. The largest absolute Gasteiger partial charge is 0.494 e. The smallest absolute Gasteiger partial charge is 0.493 e. The minimum atomic E-state index is -0.708. The first kappa shape index (κ1) is 29.7. The van der Waals surface area contributed by atoms with E-state index in [9.17, 15) is 9.59 Å². The van der Waals surface area contributed by atoms with Gasteiger partial charge in [-0.1, -0.05) is 32.9 Å². The molecule has 1 atom stereocenters. The van der Waals surface area contributed by atoms with Crippen LogP contribution >= 0.6 is 0 Å². The van der Waals surface area contributed by atoms with Crippen molar-refractivity contribution in [3.8, 4) is 11.5 Å². The highest BCUT2D eigenvalue weighted by Gasteiger charge is 2.37. The lowest BCUT2D eigenvalue weighted by atomic mass is 9.78. The fraction of sp³-hybridized carbons (Fsp3) is 0.517. The molecule has 0 aliphatic carbocycles. The molecule has 0 spiro atoms. The average Bonchev–Trinajstić information content (AvgIpc) is 2.90. The third kappa shape index (κ3) is 9.15. The zero-order chi connectivity index (χ0) is 27.6. The van der Waals surface area contributed by atoms with Crippen LogP contribution in [0, 0.1) is 5.41 Å². The molecule has 0 saturated carbocycles. The summed E-state index contributed by atoms with van der Waals surface area (Å²) in [7, 11) is 1.41. The van der Waals surface area contributed by atoms with E-state index in [1.807, 2.05) is 19.1 Å². The minimum Gasteiger partial charge on any atom is -0.494 e. The van der Waals surface area contributed by atoms with Crippen molar-refractivity contribution in [1.29, 1.82) is 0 Å². The van der Waals surface area contributed by atoms with Crippen LogP contribution in [0.1, 0.15) is 63.7 Å². The third-order valence-corrected chi connectivity index (χ3v) is 6.21.